The average Bonchev–Trinajstić information content (AvgIpc) is 2.49. The number of carbonyl (C=O) groups excluding carboxylic acids is 1. The molecule has 0 spiro atoms. The van der Waals surface area contributed by atoms with Crippen LogP contribution in [0.5, 0.6) is 5.75 Å². The third kappa shape index (κ3) is 6.96. The molecule has 0 amide bonds. The molecule has 0 saturated carbocycles. The van der Waals surface area contributed by atoms with E-state index in [-0.39, 0.29) is 5.97 Å². The zero-order chi connectivity index (χ0) is 16.4. The molecule has 1 aromatic carbocycles. The summed E-state index contributed by atoms with van der Waals surface area (Å²) in [6.45, 7) is 5.30. The maximum Gasteiger partial charge on any atom is 0.323 e. The van der Waals surface area contributed by atoms with Crippen molar-refractivity contribution in [2.75, 3.05) is 13.2 Å². The lowest BCUT2D eigenvalue weighted by Crippen LogP contribution is -2.34. The Kier molecular flexibility index (Phi) is 9.47. The Morgan fingerprint density at radius 3 is 2.59 bits per heavy atom. The van der Waals surface area contributed by atoms with Gasteiger partial charge in [-0.2, -0.15) is 0 Å². The monoisotopic (exact) mass is 419 g/mol. The summed E-state index contributed by atoms with van der Waals surface area (Å²) in [5.41, 5.74) is 6.93. The smallest absolute Gasteiger partial charge is 0.323 e. The van der Waals surface area contributed by atoms with Crippen LogP contribution in [0.2, 0.25) is 0 Å². The van der Waals surface area contributed by atoms with Gasteiger partial charge in [-0.1, -0.05) is 26.7 Å². The molecule has 22 heavy (non-hydrogen) atoms. The Hall–Kier alpha value is -0.820. The Bertz CT molecular complexity index is 465. The van der Waals surface area contributed by atoms with Crippen molar-refractivity contribution in [2.45, 2.75) is 52.0 Å². The molecule has 0 radical (unpaired) electrons. The minimum absolute atomic E-state index is 0.341. The normalized spacial score (nSPS) is 12.0. The van der Waals surface area contributed by atoms with Gasteiger partial charge in [0.2, 0.25) is 0 Å². The standard InChI is InChI=1S/C17H26INO3/c1-3-5-9-21-16-8-7-14(18)11-13(16)12-15(19)17(20)22-10-6-4-2/h7-8,11,15H,3-6,9-10,12,19H2,1-2H3/t15-/m0/s1. The third-order valence-electron chi connectivity index (χ3n) is 3.26. The molecule has 1 rings (SSSR count). The van der Waals surface area contributed by atoms with Gasteiger partial charge in [0, 0.05) is 9.99 Å². The number of ether oxygens (including phenoxy) is 2. The van der Waals surface area contributed by atoms with Gasteiger partial charge in [0.05, 0.1) is 13.2 Å². The number of unbranched alkanes of at least 4 members (excludes halogenated alkanes) is 2. The fourth-order valence-corrected chi connectivity index (χ4v) is 2.47. The van der Waals surface area contributed by atoms with Gasteiger partial charge in [0.1, 0.15) is 11.8 Å². The number of benzene rings is 1. The van der Waals surface area contributed by atoms with Crippen molar-refractivity contribution in [1.82, 2.24) is 0 Å². The molecule has 5 heteroatoms. The number of esters is 1. The van der Waals surface area contributed by atoms with E-state index in [4.69, 9.17) is 15.2 Å². The van der Waals surface area contributed by atoms with Crippen molar-refractivity contribution in [1.29, 1.82) is 0 Å². The maximum atomic E-state index is 11.9. The van der Waals surface area contributed by atoms with Crippen LogP contribution >= 0.6 is 22.6 Å². The van der Waals surface area contributed by atoms with Crippen LogP contribution in [0.3, 0.4) is 0 Å². The van der Waals surface area contributed by atoms with Gasteiger partial charge in [0.25, 0.3) is 0 Å². The topological polar surface area (TPSA) is 61.5 Å². The molecule has 2 N–H and O–H groups in total. The van der Waals surface area contributed by atoms with Crippen molar-refractivity contribution in [2.24, 2.45) is 5.73 Å². The van der Waals surface area contributed by atoms with E-state index in [9.17, 15) is 4.79 Å². The van der Waals surface area contributed by atoms with Gasteiger partial charge in [-0.25, -0.2) is 0 Å². The number of hydrogen-bond donors (Lipinski definition) is 1. The van der Waals surface area contributed by atoms with E-state index in [2.05, 4.69) is 36.4 Å². The zero-order valence-corrected chi connectivity index (χ0v) is 15.6. The highest BCUT2D eigenvalue weighted by Gasteiger charge is 2.18. The summed E-state index contributed by atoms with van der Waals surface area (Å²) < 4.78 is 12.1. The van der Waals surface area contributed by atoms with E-state index in [1.54, 1.807) is 0 Å². The fraction of sp³-hybridized carbons (Fsp3) is 0.588. The van der Waals surface area contributed by atoms with Gasteiger partial charge in [-0.3, -0.25) is 4.79 Å². The molecule has 1 aromatic rings. The first kappa shape index (κ1) is 19.2. The van der Waals surface area contributed by atoms with Crippen molar-refractivity contribution < 1.29 is 14.3 Å². The van der Waals surface area contributed by atoms with Crippen LogP contribution < -0.4 is 10.5 Å². The predicted molar refractivity (Wildman–Crippen MR) is 97.1 cm³/mol. The average molecular weight is 419 g/mol. The van der Waals surface area contributed by atoms with Crippen LogP contribution in [-0.4, -0.2) is 25.2 Å². The van der Waals surface area contributed by atoms with Crippen LogP contribution in [0, 0.1) is 3.57 Å². The summed E-state index contributed by atoms with van der Waals surface area (Å²) in [6.07, 6.45) is 4.39. The first-order valence-corrected chi connectivity index (χ1v) is 8.99. The van der Waals surface area contributed by atoms with Crippen LogP contribution in [-0.2, 0) is 16.0 Å². The molecule has 124 valence electrons. The van der Waals surface area contributed by atoms with Gasteiger partial charge >= 0.3 is 5.97 Å². The molecule has 0 heterocycles. The second-order valence-electron chi connectivity index (χ2n) is 5.29. The quantitative estimate of drug-likeness (QED) is 0.357. The number of carbonyl (C=O) groups is 1. The van der Waals surface area contributed by atoms with Gasteiger partial charge in [0.15, 0.2) is 0 Å². The second-order valence-corrected chi connectivity index (χ2v) is 6.53. The van der Waals surface area contributed by atoms with E-state index in [1.807, 2.05) is 18.2 Å². The van der Waals surface area contributed by atoms with Gasteiger partial charge in [-0.15, -0.1) is 0 Å². The Morgan fingerprint density at radius 2 is 1.91 bits per heavy atom. The second kappa shape index (κ2) is 10.8. The molecule has 0 aliphatic rings. The van der Waals surface area contributed by atoms with Crippen LogP contribution in [0.25, 0.3) is 0 Å². The SMILES string of the molecule is CCCCOC(=O)[C@@H](N)Cc1cc(I)ccc1OCCCC. The summed E-state index contributed by atoms with van der Waals surface area (Å²) in [7, 11) is 0. The summed E-state index contributed by atoms with van der Waals surface area (Å²) >= 11 is 2.25. The first-order chi connectivity index (χ1) is 10.6. The highest BCUT2D eigenvalue weighted by atomic mass is 127. The summed E-state index contributed by atoms with van der Waals surface area (Å²) in [4.78, 5) is 11.9. The molecular formula is C17H26INO3. The number of halogens is 1. The predicted octanol–water partition coefficient (Wildman–Crippen LogP) is 3.68. The molecule has 4 nitrogen and oxygen atoms in total. The van der Waals surface area contributed by atoms with E-state index >= 15 is 0 Å². The van der Waals surface area contributed by atoms with E-state index in [0.717, 1.165) is 40.6 Å². The van der Waals surface area contributed by atoms with Gasteiger partial charge in [-0.05, 0) is 59.2 Å². The minimum Gasteiger partial charge on any atom is -0.493 e. The van der Waals surface area contributed by atoms with E-state index in [1.165, 1.54) is 0 Å². The summed E-state index contributed by atoms with van der Waals surface area (Å²) in [5, 5.41) is 0. The number of rotatable bonds is 10. The van der Waals surface area contributed by atoms with Crippen LogP contribution in [0.4, 0.5) is 0 Å². The molecule has 0 aromatic heterocycles. The molecule has 0 saturated heterocycles. The van der Waals surface area contributed by atoms with E-state index in [0.29, 0.717) is 19.6 Å². The van der Waals surface area contributed by atoms with Gasteiger partial charge < -0.3 is 15.2 Å². The number of nitrogens with two attached hydrogens (primary N) is 1. The van der Waals surface area contributed by atoms with Crippen LogP contribution in [0.1, 0.15) is 45.1 Å². The molecule has 1 atom stereocenters. The lowest BCUT2D eigenvalue weighted by atomic mass is 10.1. The molecule has 0 fully saturated rings. The zero-order valence-electron chi connectivity index (χ0n) is 13.4. The van der Waals surface area contributed by atoms with Crippen molar-refractivity contribution in [3.05, 3.63) is 27.3 Å². The number of hydrogen-bond acceptors (Lipinski definition) is 4. The molecule has 0 bridgehead atoms. The van der Waals surface area contributed by atoms with Crippen molar-refractivity contribution >= 4 is 28.6 Å². The minimum atomic E-state index is -0.649. The molecule has 0 aliphatic heterocycles. The van der Waals surface area contributed by atoms with Crippen molar-refractivity contribution in [3.63, 3.8) is 0 Å². The Balaban J connectivity index is 2.65. The highest BCUT2D eigenvalue weighted by molar-refractivity contribution is 14.1. The van der Waals surface area contributed by atoms with Crippen molar-refractivity contribution in [3.8, 4) is 5.75 Å². The first-order valence-electron chi connectivity index (χ1n) is 7.91. The largest absolute Gasteiger partial charge is 0.493 e. The molecule has 0 aliphatic carbocycles. The molecule has 0 unspecified atom stereocenters. The van der Waals surface area contributed by atoms with E-state index < -0.39 is 6.04 Å². The fourth-order valence-electron chi connectivity index (χ4n) is 1.92. The third-order valence-corrected chi connectivity index (χ3v) is 3.93. The summed E-state index contributed by atoms with van der Waals surface area (Å²) in [6, 6.07) is 5.31. The molecular weight excluding hydrogens is 393 g/mol. The highest BCUT2D eigenvalue weighted by Crippen LogP contribution is 2.23. The summed E-state index contributed by atoms with van der Waals surface area (Å²) in [5.74, 6) is 0.470. The van der Waals surface area contributed by atoms with Crippen LogP contribution in [0.15, 0.2) is 18.2 Å². The maximum absolute atomic E-state index is 11.9. The lowest BCUT2D eigenvalue weighted by molar-refractivity contribution is -0.145. The Morgan fingerprint density at radius 1 is 1.23 bits per heavy atom. The lowest BCUT2D eigenvalue weighted by Gasteiger charge is -2.15. The Labute approximate surface area is 146 Å².